The number of aromatic nitrogens is 1. The Morgan fingerprint density at radius 1 is 1.43 bits per heavy atom. The molecule has 0 aromatic carbocycles. The molecule has 0 radical (unpaired) electrons. The molecule has 1 aromatic rings. The van der Waals surface area contributed by atoms with Crippen molar-refractivity contribution in [3.8, 4) is 0 Å². The molecule has 1 aromatic heterocycles. The molecule has 1 saturated heterocycles. The predicted octanol–water partition coefficient (Wildman–Crippen LogP) is 2.54. The zero-order chi connectivity index (χ0) is 15.7. The van der Waals surface area contributed by atoms with Crippen LogP contribution in [0, 0.1) is 0 Å². The summed E-state index contributed by atoms with van der Waals surface area (Å²) >= 11 is 1.64. The quantitative estimate of drug-likeness (QED) is 0.922. The van der Waals surface area contributed by atoms with Gasteiger partial charge in [-0.3, -0.25) is 0 Å². The lowest BCUT2D eigenvalue weighted by atomic mass is 9.93. The lowest BCUT2D eigenvalue weighted by Gasteiger charge is -2.29. The highest BCUT2D eigenvalue weighted by atomic mass is 32.2. The molecule has 2 unspecified atom stereocenters. The fourth-order valence-electron chi connectivity index (χ4n) is 2.79. The molecule has 21 heavy (non-hydrogen) atoms. The molecule has 0 aliphatic carbocycles. The van der Waals surface area contributed by atoms with Crippen LogP contribution in [0.25, 0.3) is 0 Å². The Balaban J connectivity index is 2.14. The fraction of sp³-hybridized carbons (Fsp3) is 0.800. The number of hydrogen-bond acceptors (Lipinski definition) is 5. The van der Waals surface area contributed by atoms with E-state index in [9.17, 15) is 8.42 Å². The Kier molecular flexibility index (Phi) is 5.11. The minimum absolute atomic E-state index is 0.0331. The minimum Gasteiger partial charge on any atom is -0.315 e. The average molecular weight is 331 g/mol. The summed E-state index contributed by atoms with van der Waals surface area (Å²) in [6.45, 7) is 6.44. The Morgan fingerprint density at radius 3 is 2.67 bits per heavy atom. The normalized spacial score (nSPS) is 23.9. The van der Waals surface area contributed by atoms with Crippen molar-refractivity contribution >= 4 is 21.2 Å². The molecule has 1 fully saturated rings. The third-order valence-electron chi connectivity index (χ3n) is 4.16. The van der Waals surface area contributed by atoms with Crippen molar-refractivity contribution in [3.05, 3.63) is 16.1 Å². The molecule has 1 N–H and O–H groups in total. The summed E-state index contributed by atoms with van der Waals surface area (Å²) < 4.78 is 24.6. The first-order valence-electron chi connectivity index (χ1n) is 7.58. The molecule has 0 saturated carbocycles. The van der Waals surface area contributed by atoms with Gasteiger partial charge in [0.05, 0.1) is 21.7 Å². The Morgan fingerprint density at radius 2 is 2.14 bits per heavy atom. The second kappa shape index (κ2) is 6.34. The van der Waals surface area contributed by atoms with Gasteiger partial charge in [0.25, 0.3) is 0 Å². The molecule has 1 aliphatic rings. The lowest BCUT2D eigenvalue weighted by Crippen LogP contribution is -2.46. The molecule has 0 spiro atoms. The first kappa shape index (κ1) is 16.9. The van der Waals surface area contributed by atoms with E-state index in [0.717, 1.165) is 30.0 Å². The number of rotatable bonds is 4. The molecule has 2 heterocycles. The van der Waals surface area contributed by atoms with Crippen LogP contribution in [0.5, 0.6) is 0 Å². The van der Waals surface area contributed by atoms with Crippen LogP contribution in [0.15, 0.2) is 5.38 Å². The molecule has 0 bridgehead atoms. The van der Waals surface area contributed by atoms with Crippen LogP contribution in [0.2, 0.25) is 0 Å². The molecule has 0 amide bonds. The molecule has 4 nitrogen and oxygen atoms in total. The van der Waals surface area contributed by atoms with Gasteiger partial charge >= 0.3 is 0 Å². The number of sulfone groups is 1. The standard InChI is InChI=1S/C15H26N2O2S2/c1-15(2,3)13-10-20-14(17-13)9-11(16-4)12-7-5-6-8-21(12,18)19/h10-12,16H,5-9H2,1-4H3. The third-order valence-corrected chi connectivity index (χ3v) is 7.38. The van der Waals surface area contributed by atoms with Crippen molar-refractivity contribution in [2.75, 3.05) is 12.8 Å². The topological polar surface area (TPSA) is 59.1 Å². The van der Waals surface area contributed by atoms with E-state index in [2.05, 4.69) is 31.5 Å². The van der Waals surface area contributed by atoms with Crippen LogP contribution in [0.3, 0.4) is 0 Å². The van der Waals surface area contributed by atoms with Gasteiger partial charge in [-0.25, -0.2) is 13.4 Å². The molecule has 120 valence electrons. The highest BCUT2D eigenvalue weighted by Gasteiger charge is 2.35. The van der Waals surface area contributed by atoms with E-state index in [0.29, 0.717) is 12.2 Å². The molecule has 6 heteroatoms. The van der Waals surface area contributed by atoms with Crippen molar-refractivity contribution < 1.29 is 8.42 Å². The first-order chi connectivity index (χ1) is 9.74. The van der Waals surface area contributed by atoms with E-state index in [1.54, 1.807) is 11.3 Å². The zero-order valence-electron chi connectivity index (χ0n) is 13.3. The van der Waals surface area contributed by atoms with Gasteiger partial charge in [-0.2, -0.15) is 0 Å². The smallest absolute Gasteiger partial charge is 0.154 e. The molecule has 2 atom stereocenters. The van der Waals surface area contributed by atoms with Crippen molar-refractivity contribution in [1.29, 1.82) is 0 Å². The van der Waals surface area contributed by atoms with Gasteiger partial charge in [0, 0.05) is 23.3 Å². The Labute approximate surface area is 132 Å². The second-order valence-corrected chi connectivity index (χ2v) is 10.2. The van der Waals surface area contributed by atoms with Gasteiger partial charge < -0.3 is 5.32 Å². The summed E-state index contributed by atoms with van der Waals surface area (Å²) in [5.74, 6) is 0.334. The summed E-state index contributed by atoms with van der Waals surface area (Å²) in [5.41, 5.74) is 1.13. The maximum atomic E-state index is 12.3. The summed E-state index contributed by atoms with van der Waals surface area (Å²) in [6.07, 6.45) is 3.28. The highest BCUT2D eigenvalue weighted by Crippen LogP contribution is 2.27. The van der Waals surface area contributed by atoms with Crippen molar-refractivity contribution in [2.45, 2.75) is 63.2 Å². The Bertz CT molecular complexity index is 573. The van der Waals surface area contributed by atoms with Crippen LogP contribution >= 0.6 is 11.3 Å². The third kappa shape index (κ3) is 4.05. The largest absolute Gasteiger partial charge is 0.315 e. The van der Waals surface area contributed by atoms with Gasteiger partial charge in [0.2, 0.25) is 0 Å². The molecular formula is C15H26N2O2S2. The SMILES string of the molecule is CNC(Cc1nc(C(C)(C)C)cs1)C1CCCCS1(=O)=O. The van der Waals surface area contributed by atoms with Gasteiger partial charge in [-0.1, -0.05) is 27.2 Å². The molecular weight excluding hydrogens is 304 g/mol. The van der Waals surface area contributed by atoms with Crippen LogP contribution in [-0.2, 0) is 21.7 Å². The monoisotopic (exact) mass is 330 g/mol. The van der Waals surface area contributed by atoms with Gasteiger partial charge in [-0.05, 0) is 19.9 Å². The maximum Gasteiger partial charge on any atom is 0.154 e. The summed E-state index contributed by atoms with van der Waals surface area (Å²) in [7, 11) is -1.11. The van der Waals surface area contributed by atoms with E-state index in [4.69, 9.17) is 4.98 Å². The minimum atomic E-state index is -2.96. The van der Waals surface area contributed by atoms with Crippen molar-refractivity contribution in [3.63, 3.8) is 0 Å². The summed E-state index contributed by atoms with van der Waals surface area (Å²) in [4.78, 5) is 4.70. The molecule has 2 rings (SSSR count). The maximum absolute atomic E-state index is 12.3. The Hall–Kier alpha value is -0.460. The lowest BCUT2D eigenvalue weighted by molar-refractivity contribution is 0.455. The average Bonchev–Trinajstić information content (AvgIpc) is 2.84. The second-order valence-electron chi connectivity index (χ2n) is 6.88. The van der Waals surface area contributed by atoms with Crippen LogP contribution in [-0.4, -0.2) is 37.5 Å². The number of likely N-dealkylation sites (N-methyl/N-ethyl adjacent to an activating group) is 1. The fourth-order valence-corrected chi connectivity index (χ4v) is 6.04. The predicted molar refractivity (Wildman–Crippen MR) is 88.8 cm³/mol. The number of hydrogen-bond donors (Lipinski definition) is 1. The van der Waals surface area contributed by atoms with Crippen molar-refractivity contribution in [2.24, 2.45) is 0 Å². The van der Waals surface area contributed by atoms with Crippen LogP contribution < -0.4 is 5.32 Å². The number of nitrogens with zero attached hydrogens (tertiary/aromatic N) is 1. The van der Waals surface area contributed by atoms with E-state index < -0.39 is 9.84 Å². The number of nitrogens with one attached hydrogen (secondary N) is 1. The van der Waals surface area contributed by atoms with E-state index >= 15 is 0 Å². The van der Waals surface area contributed by atoms with E-state index in [1.807, 2.05) is 7.05 Å². The van der Waals surface area contributed by atoms with E-state index in [-0.39, 0.29) is 16.7 Å². The van der Waals surface area contributed by atoms with Gasteiger partial charge in [-0.15, -0.1) is 11.3 Å². The van der Waals surface area contributed by atoms with Crippen LogP contribution in [0.4, 0.5) is 0 Å². The van der Waals surface area contributed by atoms with Crippen LogP contribution in [0.1, 0.15) is 50.7 Å². The van der Waals surface area contributed by atoms with E-state index in [1.165, 1.54) is 0 Å². The van der Waals surface area contributed by atoms with Gasteiger partial charge in [0.15, 0.2) is 9.84 Å². The zero-order valence-corrected chi connectivity index (χ0v) is 15.0. The summed E-state index contributed by atoms with van der Waals surface area (Å²) in [5, 5.41) is 6.07. The van der Waals surface area contributed by atoms with Gasteiger partial charge in [0.1, 0.15) is 0 Å². The highest BCUT2D eigenvalue weighted by molar-refractivity contribution is 7.92. The first-order valence-corrected chi connectivity index (χ1v) is 10.2. The summed E-state index contributed by atoms with van der Waals surface area (Å²) in [6, 6.07) is -0.0331. The number of thiazole rings is 1. The molecule has 1 aliphatic heterocycles. The van der Waals surface area contributed by atoms with Crippen molar-refractivity contribution in [1.82, 2.24) is 10.3 Å².